The zero-order chi connectivity index (χ0) is 16.8. The van der Waals surface area contributed by atoms with Crippen LogP contribution in [0.2, 0.25) is 0 Å². The highest BCUT2D eigenvalue weighted by molar-refractivity contribution is 7.92. The molecule has 0 saturated carbocycles. The molecule has 130 valence electrons. The zero-order valence-corrected chi connectivity index (χ0v) is 15.5. The van der Waals surface area contributed by atoms with Crippen molar-refractivity contribution >= 4 is 15.8 Å². The van der Waals surface area contributed by atoms with Crippen LogP contribution < -0.4 is 5.32 Å². The predicted octanol–water partition coefficient (Wildman–Crippen LogP) is 0.803. The highest BCUT2D eigenvalue weighted by Crippen LogP contribution is 2.23. The summed E-state index contributed by atoms with van der Waals surface area (Å²) in [7, 11) is -1.26. The SMILES string of the molecule is CCN(CC)CCCNC(=NC)N1CCS(=O)(=O)C(C)(C)C1. The summed E-state index contributed by atoms with van der Waals surface area (Å²) in [4.78, 5) is 8.75. The second-order valence-corrected chi connectivity index (χ2v) is 9.10. The molecule has 1 aliphatic rings. The number of nitrogens with one attached hydrogen (secondary N) is 1. The van der Waals surface area contributed by atoms with Gasteiger partial charge in [0.1, 0.15) is 0 Å². The van der Waals surface area contributed by atoms with Gasteiger partial charge in [0.05, 0.1) is 10.5 Å². The molecule has 0 aliphatic carbocycles. The topological polar surface area (TPSA) is 65.0 Å². The van der Waals surface area contributed by atoms with Gasteiger partial charge >= 0.3 is 0 Å². The molecule has 0 radical (unpaired) electrons. The first kappa shape index (κ1) is 19.2. The van der Waals surface area contributed by atoms with Gasteiger partial charge in [-0.25, -0.2) is 8.42 Å². The lowest BCUT2D eigenvalue weighted by Gasteiger charge is -2.39. The molecule has 0 aromatic carbocycles. The van der Waals surface area contributed by atoms with E-state index in [9.17, 15) is 8.42 Å². The zero-order valence-electron chi connectivity index (χ0n) is 14.7. The van der Waals surface area contributed by atoms with E-state index >= 15 is 0 Å². The van der Waals surface area contributed by atoms with Crippen LogP contribution in [0, 0.1) is 0 Å². The highest BCUT2D eigenvalue weighted by Gasteiger charge is 2.40. The average molecular weight is 333 g/mol. The van der Waals surface area contributed by atoms with Crippen LogP contribution in [-0.4, -0.2) is 81.0 Å². The molecular formula is C15H32N4O2S. The van der Waals surface area contributed by atoms with Crippen molar-refractivity contribution in [2.75, 3.05) is 52.1 Å². The first-order valence-corrected chi connectivity index (χ1v) is 9.83. The minimum atomic E-state index is -3.01. The van der Waals surface area contributed by atoms with E-state index in [1.165, 1.54) is 0 Å². The largest absolute Gasteiger partial charge is 0.356 e. The molecule has 6 nitrogen and oxygen atoms in total. The molecule has 1 rings (SSSR count). The Kier molecular flexibility index (Phi) is 7.12. The molecule has 0 bridgehead atoms. The molecule has 0 aromatic rings. The quantitative estimate of drug-likeness (QED) is 0.443. The average Bonchev–Trinajstić information content (AvgIpc) is 2.46. The first-order valence-electron chi connectivity index (χ1n) is 8.17. The molecule has 0 atom stereocenters. The van der Waals surface area contributed by atoms with Crippen LogP contribution in [0.4, 0.5) is 0 Å². The number of sulfone groups is 1. The molecule has 1 heterocycles. The van der Waals surface area contributed by atoms with E-state index in [2.05, 4.69) is 34.0 Å². The lowest BCUT2D eigenvalue weighted by molar-refractivity contribution is 0.298. The van der Waals surface area contributed by atoms with Gasteiger partial charge in [-0.2, -0.15) is 0 Å². The van der Waals surface area contributed by atoms with Gasteiger partial charge in [0.15, 0.2) is 15.8 Å². The van der Waals surface area contributed by atoms with Crippen molar-refractivity contribution in [3.05, 3.63) is 0 Å². The van der Waals surface area contributed by atoms with Gasteiger partial charge in [-0.05, 0) is 39.9 Å². The van der Waals surface area contributed by atoms with E-state index in [0.717, 1.165) is 38.6 Å². The summed E-state index contributed by atoms with van der Waals surface area (Å²) in [6, 6.07) is 0. The molecule has 0 aromatic heterocycles. The third-order valence-electron chi connectivity index (χ3n) is 4.38. The molecule has 7 heteroatoms. The summed E-state index contributed by atoms with van der Waals surface area (Å²) in [6.07, 6.45) is 1.05. The highest BCUT2D eigenvalue weighted by atomic mass is 32.2. The summed E-state index contributed by atoms with van der Waals surface area (Å²) in [5.74, 6) is 1.00. The Labute approximate surface area is 135 Å². The lowest BCUT2D eigenvalue weighted by atomic mass is 10.2. The standard InChI is InChI=1S/C15H32N4O2S/c1-6-18(7-2)10-8-9-17-14(16-5)19-11-12-22(20,21)15(3,4)13-19/h6-13H2,1-5H3,(H,16,17). The monoisotopic (exact) mass is 332 g/mol. The lowest BCUT2D eigenvalue weighted by Crippen LogP contribution is -2.57. The normalized spacial score (nSPS) is 21.2. The Hall–Kier alpha value is -0.820. The molecule has 1 saturated heterocycles. The Morgan fingerprint density at radius 2 is 1.95 bits per heavy atom. The van der Waals surface area contributed by atoms with E-state index in [1.807, 2.05) is 0 Å². The van der Waals surface area contributed by atoms with Crippen molar-refractivity contribution < 1.29 is 8.42 Å². The Morgan fingerprint density at radius 1 is 1.32 bits per heavy atom. The summed E-state index contributed by atoms with van der Waals surface area (Å²) >= 11 is 0. The van der Waals surface area contributed by atoms with Crippen LogP contribution in [0.25, 0.3) is 0 Å². The van der Waals surface area contributed by atoms with Crippen molar-refractivity contribution in [2.24, 2.45) is 4.99 Å². The van der Waals surface area contributed by atoms with E-state index in [4.69, 9.17) is 0 Å². The molecule has 0 amide bonds. The molecule has 1 N–H and O–H groups in total. The van der Waals surface area contributed by atoms with Gasteiger partial charge in [0.25, 0.3) is 0 Å². The molecule has 0 spiro atoms. The smallest absolute Gasteiger partial charge is 0.193 e. The van der Waals surface area contributed by atoms with Gasteiger partial charge in [0, 0.05) is 26.7 Å². The second kappa shape index (κ2) is 8.15. The van der Waals surface area contributed by atoms with Crippen molar-refractivity contribution in [3.8, 4) is 0 Å². The number of nitrogens with zero attached hydrogens (tertiary/aromatic N) is 3. The number of hydrogen-bond donors (Lipinski definition) is 1. The predicted molar refractivity (Wildman–Crippen MR) is 93.2 cm³/mol. The number of hydrogen-bond acceptors (Lipinski definition) is 4. The third-order valence-corrected chi connectivity index (χ3v) is 6.92. The van der Waals surface area contributed by atoms with Gasteiger partial charge in [-0.3, -0.25) is 4.99 Å². The van der Waals surface area contributed by atoms with Gasteiger partial charge < -0.3 is 15.1 Å². The van der Waals surface area contributed by atoms with Crippen LogP contribution >= 0.6 is 0 Å². The number of aliphatic imine (C=N–C) groups is 1. The fraction of sp³-hybridized carbons (Fsp3) is 0.933. The van der Waals surface area contributed by atoms with Gasteiger partial charge in [0.2, 0.25) is 0 Å². The van der Waals surface area contributed by atoms with Crippen LogP contribution in [0.1, 0.15) is 34.1 Å². The molecule has 1 aliphatic heterocycles. The Bertz CT molecular complexity index is 470. The van der Waals surface area contributed by atoms with Crippen molar-refractivity contribution in [2.45, 2.75) is 38.9 Å². The Morgan fingerprint density at radius 3 is 2.45 bits per heavy atom. The maximum atomic E-state index is 12.1. The van der Waals surface area contributed by atoms with Crippen molar-refractivity contribution in [1.29, 1.82) is 0 Å². The van der Waals surface area contributed by atoms with E-state index in [1.54, 1.807) is 20.9 Å². The van der Waals surface area contributed by atoms with Gasteiger partial charge in [-0.1, -0.05) is 13.8 Å². The summed E-state index contributed by atoms with van der Waals surface area (Å²) in [5, 5.41) is 3.36. The minimum absolute atomic E-state index is 0.195. The van der Waals surface area contributed by atoms with Crippen LogP contribution in [0.15, 0.2) is 4.99 Å². The van der Waals surface area contributed by atoms with Crippen molar-refractivity contribution in [3.63, 3.8) is 0 Å². The summed E-state index contributed by atoms with van der Waals surface area (Å²) < 4.78 is 23.4. The number of rotatable bonds is 6. The summed E-state index contributed by atoms with van der Waals surface area (Å²) in [5.41, 5.74) is 0. The minimum Gasteiger partial charge on any atom is -0.356 e. The van der Waals surface area contributed by atoms with Crippen LogP contribution in [0.5, 0.6) is 0 Å². The Balaban J connectivity index is 2.49. The van der Waals surface area contributed by atoms with E-state index in [-0.39, 0.29) is 5.75 Å². The van der Waals surface area contributed by atoms with Gasteiger partial charge in [-0.15, -0.1) is 0 Å². The molecule has 22 heavy (non-hydrogen) atoms. The molecule has 1 fully saturated rings. The van der Waals surface area contributed by atoms with E-state index in [0.29, 0.717) is 13.1 Å². The van der Waals surface area contributed by atoms with E-state index < -0.39 is 14.6 Å². The fourth-order valence-electron chi connectivity index (χ4n) is 2.70. The summed E-state index contributed by atoms with van der Waals surface area (Å²) in [6.45, 7) is 13.0. The second-order valence-electron chi connectivity index (χ2n) is 6.35. The van der Waals surface area contributed by atoms with Crippen molar-refractivity contribution in [1.82, 2.24) is 15.1 Å². The van der Waals surface area contributed by atoms with Crippen LogP contribution in [0.3, 0.4) is 0 Å². The maximum absolute atomic E-state index is 12.1. The third kappa shape index (κ3) is 4.84. The fourth-order valence-corrected chi connectivity index (χ4v) is 4.07. The van der Waals surface area contributed by atoms with Crippen LogP contribution in [-0.2, 0) is 9.84 Å². The molecule has 0 unspecified atom stereocenters. The first-order chi connectivity index (χ1) is 10.3. The maximum Gasteiger partial charge on any atom is 0.193 e. The molecular weight excluding hydrogens is 300 g/mol. The number of guanidine groups is 1.